The summed E-state index contributed by atoms with van der Waals surface area (Å²) in [5.74, 6) is 1.36. The number of aromatic nitrogens is 3. The van der Waals surface area contributed by atoms with E-state index in [-0.39, 0.29) is 5.95 Å². The Balaban J connectivity index is 1.73. The van der Waals surface area contributed by atoms with Crippen molar-refractivity contribution in [1.82, 2.24) is 19.9 Å². The highest BCUT2D eigenvalue weighted by Crippen LogP contribution is 2.19. The number of nitrogens with one attached hydrogen (secondary N) is 1. The molecule has 1 aromatic carbocycles. The fraction of sp³-hybridized carbons (Fsp3) is 0.278. The standard InChI is InChI=1S/C18H22N6S/c1-3-13-7-4-5-9-15(13)20-18-22-16(21-17(19)23-18)12-24(2)11-14-8-6-10-25-14/h4-10H,3,11-12H2,1-2H3,(H3,19,20,21,22,23). The molecule has 130 valence electrons. The lowest BCUT2D eigenvalue weighted by atomic mass is 10.1. The third-order valence-corrected chi connectivity index (χ3v) is 4.62. The van der Waals surface area contributed by atoms with Gasteiger partial charge in [0.1, 0.15) is 5.82 Å². The molecule has 3 rings (SSSR count). The van der Waals surface area contributed by atoms with Crippen molar-refractivity contribution in [3.8, 4) is 0 Å². The minimum absolute atomic E-state index is 0.228. The summed E-state index contributed by atoms with van der Waals surface area (Å²) in [6, 6.07) is 12.3. The van der Waals surface area contributed by atoms with Gasteiger partial charge in [-0.2, -0.15) is 15.0 Å². The van der Waals surface area contributed by atoms with E-state index in [0.29, 0.717) is 18.3 Å². The lowest BCUT2D eigenvalue weighted by Crippen LogP contribution is -2.19. The number of para-hydroxylation sites is 1. The summed E-state index contributed by atoms with van der Waals surface area (Å²) in [5, 5.41) is 5.35. The van der Waals surface area contributed by atoms with Crippen molar-refractivity contribution in [1.29, 1.82) is 0 Å². The first-order valence-corrected chi connectivity index (χ1v) is 9.08. The van der Waals surface area contributed by atoms with Gasteiger partial charge in [-0.05, 0) is 36.5 Å². The molecular weight excluding hydrogens is 332 g/mol. The quantitative estimate of drug-likeness (QED) is 0.676. The van der Waals surface area contributed by atoms with Gasteiger partial charge < -0.3 is 11.1 Å². The molecule has 0 aliphatic rings. The minimum Gasteiger partial charge on any atom is -0.368 e. The summed E-state index contributed by atoms with van der Waals surface area (Å²) in [4.78, 5) is 16.5. The summed E-state index contributed by atoms with van der Waals surface area (Å²) >= 11 is 1.74. The Morgan fingerprint density at radius 3 is 2.68 bits per heavy atom. The van der Waals surface area contributed by atoms with Crippen molar-refractivity contribution in [2.45, 2.75) is 26.4 Å². The number of nitrogens with two attached hydrogens (primary N) is 1. The maximum Gasteiger partial charge on any atom is 0.232 e. The summed E-state index contributed by atoms with van der Waals surface area (Å²) in [7, 11) is 2.04. The van der Waals surface area contributed by atoms with E-state index in [4.69, 9.17) is 5.73 Å². The highest BCUT2D eigenvalue weighted by atomic mass is 32.1. The highest BCUT2D eigenvalue weighted by Gasteiger charge is 2.10. The second kappa shape index (κ2) is 8.04. The van der Waals surface area contributed by atoms with Crippen LogP contribution >= 0.6 is 11.3 Å². The molecule has 0 fully saturated rings. The van der Waals surface area contributed by atoms with E-state index < -0.39 is 0 Å². The molecule has 25 heavy (non-hydrogen) atoms. The van der Waals surface area contributed by atoms with Crippen molar-refractivity contribution >= 4 is 28.9 Å². The largest absolute Gasteiger partial charge is 0.368 e. The molecule has 0 atom stereocenters. The van der Waals surface area contributed by atoms with Crippen LogP contribution in [0.2, 0.25) is 0 Å². The van der Waals surface area contributed by atoms with Crippen LogP contribution in [-0.2, 0) is 19.5 Å². The molecule has 0 saturated carbocycles. The van der Waals surface area contributed by atoms with Gasteiger partial charge in [-0.1, -0.05) is 31.2 Å². The van der Waals surface area contributed by atoms with Crippen molar-refractivity contribution in [2.24, 2.45) is 0 Å². The van der Waals surface area contributed by atoms with Crippen LogP contribution in [-0.4, -0.2) is 26.9 Å². The van der Waals surface area contributed by atoms with Crippen LogP contribution in [0.3, 0.4) is 0 Å². The molecular formula is C18H22N6S. The van der Waals surface area contributed by atoms with E-state index >= 15 is 0 Å². The van der Waals surface area contributed by atoms with Crippen LogP contribution in [0.5, 0.6) is 0 Å². The number of hydrogen-bond acceptors (Lipinski definition) is 7. The van der Waals surface area contributed by atoms with Crippen molar-refractivity contribution in [3.05, 3.63) is 58.0 Å². The van der Waals surface area contributed by atoms with E-state index in [2.05, 4.69) is 55.7 Å². The molecule has 0 aliphatic carbocycles. The van der Waals surface area contributed by atoms with Gasteiger partial charge in [-0.15, -0.1) is 11.3 Å². The Hall–Kier alpha value is -2.51. The minimum atomic E-state index is 0.228. The molecule has 7 heteroatoms. The number of aryl methyl sites for hydroxylation is 1. The predicted molar refractivity (Wildman–Crippen MR) is 103 cm³/mol. The lowest BCUT2D eigenvalue weighted by Gasteiger charge is -2.15. The Morgan fingerprint density at radius 2 is 1.92 bits per heavy atom. The normalized spacial score (nSPS) is 11.0. The van der Waals surface area contributed by atoms with Crippen LogP contribution in [0.1, 0.15) is 23.2 Å². The summed E-state index contributed by atoms with van der Waals surface area (Å²) < 4.78 is 0. The van der Waals surface area contributed by atoms with Crippen LogP contribution in [0, 0.1) is 0 Å². The Kier molecular flexibility index (Phi) is 5.57. The maximum absolute atomic E-state index is 5.88. The summed E-state index contributed by atoms with van der Waals surface area (Å²) in [6.07, 6.45) is 0.931. The molecule has 6 nitrogen and oxygen atoms in total. The summed E-state index contributed by atoms with van der Waals surface area (Å²) in [5.41, 5.74) is 8.08. The van der Waals surface area contributed by atoms with Gasteiger partial charge >= 0.3 is 0 Å². The SMILES string of the molecule is CCc1ccccc1Nc1nc(N)nc(CN(C)Cc2cccs2)n1. The van der Waals surface area contributed by atoms with Crippen LogP contribution < -0.4 is 11.1 Å². The zero-order valence-electron chi connectivity index (χ0n) is 14.4. The maximum atomic E-state index is 5.88. The first kappa shape index (κ1) is 17.3. The Morgan fingerprint density at radius 1 is 1.08 bits per heavy atom. The monoisotopic (exact) mass is 354 g/mol. The van der Waals surface area contributed by atoms with Gasteiger partial charge in [0.25, 0.3) is 0 Å². The Labute approximate surface area is 151 Å². The van der Waals surface area contributed by atoms with Crippen LogP contribution in [0.4, 0.5) is 17.6 Å². The molecule has 0 saturated heterocycles. The molecule has 2 aromatic heterocycles. The molecule has 2 heterocycles. The molecule has 3 aromatic rings. The molecule has 3 N–H and O–H groups in total. The number of nitrogens with zero attached hydrogens (tertiary/aromatic N) is 4. The second-order valence-corrected chi connectivity index (χ2v) is 6.85. The topological polar surface area (TPSA) is 80.0 Å². The number of benzene rings is 1. The fourth-order valence-corrected chi connectivity index (χ4v) is 3.39. The zero-order chi connectivity index (χ0) is 17.6. The van der Waals surface area contributed by atoms with Gasteiger partial charge in [0.2, 0.25) is 11.9 Å². The summed E-state index contributed by atoms with van der Waals surface area (Å²) in [6.45, 7) is 3.58. The first-order chi connectivity index (χ1) is 12.1. The average molecular weight is 354 g/mol. The molecule has 0 bridgehead atoms. The smallest absolute Gasteiger partial charge is 0.232 e. The van der Waals surface area contributed by atoms with Crippen molar-refractivity contribution in [2.75, 3.05) is 18.1 Å². The van der Waals surface area contributed by atoms with E-state index in [9.17, 15) is 0 Å². The molecule has 0 unspecified atom stereocenters. The molecule has 0 aliphatic heterocycles. The van der Waals surface area contributed by atoms with Crippen LogP contribution in [0.25, 0.3) is 0 Å². The third-order valence-electron chi connectivity index (χ3n) is 3.76. The average Bonchev–Trinajstić information content (AvgIpc) is 3.07. The number of rotatable bonds is 7. The second-order valence-electron chi connectivity index (χ2n) is 5.82. The number of thiophene rings is 1. The number of hydrogen-bond donors (Lipinski definition) is 2. The van der Waals surface area contributed by atoms with Gasteiger partial charge in [-0.3, -0.25) is 4.90 Å². The lowest BCUT2D eigenvalue weighted by molar-refractivity contribution is 0.313. The first-order valence-electron chi connectivity index (χ1n) is 8.20. The number of nitrogen functional groups attached to an aromatic ring is 1. The predicted octanol–water partition coefficient (Wildman–Crippen LogP) is 3.45. The van der Waals surface area contributed by atoms with Gasteiger partial charge in [0, 0.05) is 17.1 Å². The van der Waals surface area contributed by atoms with E-state index in [0.717, 1.165) is 18.7 Å². The van der Waals surface area contributed by atoms with E-state index in [1.807, 2.05) is 25.2 Å². The molecule has 0 spiro atoms. The molecule has 0 amide bonds. The Bertz CT molecular complexity index is 818. The van der Waals surface area contributed by atoms with Crippen molar-refractivity contribution in [3.63, 3.8) is 0 Å². The van der Waals surface area contributed by atoms with Crippen LogP contribution in [0.15, 0.2) is 41.8 Å². The number of anilines is 3. The van der Waals surface area contributed by atoms with Gasteiger partial charge in [0.15, 0.2) is 0 Å². The van der Waals surface area contributed by atoms with Gasteiger partial charge in [-0.25, -0.2) is 0 Å². The van der Waals surface area contributed by atoms with E-state index in [1.165, 1.54) is 10.4 Å². The highest BCUT2D eigenvalue weighted by molar-refractivity contribution is 7.09. The third kappa shape index (κ3) is 4.74. The fourth-order valence-electron chi connectivity index (χ4n) is 2.60. The van der Waals surface area contributed by atoms with E-state index in [1.54, 1.807) is 11.3 Å². The van der Waals surface area contributed by atoms with Crippen molar-refractivity contribution < 1.29 is 0 Å². The molecule has 0 radical (unpaired) electrons. The van der Waals surface area contributed by atoms with Gasteiger partial charge in [0.05, 0.1) is 6.54 Å². The zero-order valence-corrected chi connectivity index (χ0v) is 15.3.